The third-order valence-electron chi connectivity index (χ3n) is 4.41. The highest BCUT2D eigenvalue weighted by Gasteiger charge is 2.24. The molecule has 1 aromatic heterocycles. The van der Waals surface area contributed by atoms with Crippen LogP contribution in [0.1, 0.15) is 6.92 Å². The van der Waals surface area contributed by atoms with E-state index in [1.807, 2.05) is 18.2 Å². The average molecular weight is 371 g/mol. The molecular formula is C19H22FN5O2. The first kappa shape index (κ1) is 18.6. The van der Waals surface area contributed by atoms with Crippen molar-refractivity contribution in [2.75, 3.05) is 36.4 Å². The smallest absolute Gasteiger partial charge is 0.318 e. The first-order chi connectivity index (χ1) is 13.0. The van der Waals surface area contributed by atoms with Crippen molar-refractivity contribution in [1.82, 2.24) is 15.2 Å². The Morgan fingerprint density at radius 1 is 1.07 bits per heavy atom. The van der Waals surface area contributed by atoms with Gasteiger partial charge in [0.05, 0.1) is 5.69 Å². The largest absolute Gasteiger partial charge is 0.353 e. The summed E-state index contributed by atoms with van der Waals surface area (Å²) in [4.78, 5) is 32.7. The maximum absolute atomic E-state index is 13.6. The number of aromatic nitrogens is 1. The molecule has 2 aromatic rings. The van der Waals surface area contributed by atoms with E-state index in [2.05, 4.69) is 20.5 Å². The molecular weight excluding hydrogens is 349 g/mol. The molecule has 1 saturated heterocycles. The topological polar surface area (TPSA) is 77.6 Å². The summed E-state index contributed by atoms with van der Waals surface area (Å²) in [5.74, 6) is -0.106. The van der Waals surface area contributed by atoms with Crippen LogP contribution in [0, 0.1) is 5.82 Å². The zero-order chi connectivity index (χ0) is 19.2. The summed E-state index contributed by atoms with van der Waals surface area (Å²) in [5.41, 5.74) is 0.0903. The Morgan fingerprint density at radius 2 is 1.78 bits per heavy atom. The van der Waals surface area contributed by atoms with E-state index in [1.54, 1.807) is 30.2 Å². The third-order valence-corrected chi connectivity index (χ3v) is 4.41. The normalized spacial score (nSPS) is 15.2. The van der Waals surface area contributed by atoms with E-state index in [0.29, 0.717) is 26.2 Å². The summed E-state index contributed by atoms with van der Waals surface area (Å²) in [7, 11) is 0. The Bertz CT molecular complexity index is 794. The van der Waals surface area contributed by atoms with Crippen molar-refractivity contribution in [3.8, 4) is 0 Å². The lowest BCUT2D eigenvalue weighted by Gasteiger charge is -2.35. The number of anilines is 2. The van der Waals surface area contributed by atoms with Crippen LogP contribution >= 0.6 is 0 Å². The Hall–Kier alpha value is -3.16. The second-order valence-corrected chi connectivity index (χ2v) is 6.30. The number of nitrogens with zero attached hydrogens (tertiary/aromatic N) is 3. The minimum absolute atomic E-state index is 0.0903. The molecule has 1 aromatic carbocycles. The highest BCUT2D eigenvalue weighted by Crippen LogP contribution is 2.14. The standard InChI is InChI=1S/C19H22FN5O2/c1-14(18(26)23-16-7-3-2-6-15(16)20)22-19(27)25-12-10-24(11-13-25)17-8-4-5-9-21-17/h2-9,14H,10-13H2,1H3,(H,22,27)(H,23,26)/t14-/m1/s1. The number of hydrogen-bond acceptors (Lipinski definition) is 4. The summed E-state index contributed by atoms with van der Waals surface area (Å²) in [6.45, 7) is 3.97. The monoisotopic (exact) mass is 371 g/mol. The number of amides is 3. The lowest BCUT2D eigenvalue weighted by Crippen LogP contribution is -2.54. The van der Waals surface area contributed by atoms with Gasteiger partial charge in [0.1, 0.15) is 17.7 Å². The molecule has 0 unspecified atom stereocenters. The van der Waals surface area contributed by atoms with Crippen molar-refractivity contribution in [3.05, 3.63) is 54.5 Å². The lowest BCUT2D eigenvalue weighted by molar-refractivity contribution is -0.117. The van der Waals surface area contributed by atoms with Gasteiger partial charge in [-0.25, -0.2) is 14.2 Å². The van der Waals surface area contributed by atoms with Gasteiger partial charge >= 0.3 is 6.03 Å². The Morgan fingerprint density at radius 3 is 2.44 bits per heavy atom. The van der Waals surface area contributed by atoms with Gasteiger partial charge in [-0.2, -0.15) is 0 Å². The van der Waals surface area contributed by atoms with Crippen LogP contribution in [0.5, 0.6) is 0 Å². The maximum atomic E-state index is 13.6. The molecule has 2 N–H and O–H groups in total. The van der Waals surface area contributed by atoms with E-state index in [0.717, 1.165) is 5.82 Å². The first-order valence-corrected chi connectivity index (χ1v) is 8.81. The quantitative estimate of drug-likeness (QED) is 0.863. The molecule has 7 nitrogen and oxygen atoms in total. The fraction of sp³-hybridized carbons (Fsp3) is 0.316. The number of carbonyl (C=O) groups is 2. The molecule has 142 valence electrons. The van der Waals surface area contributed by atoms with Crippen molar-refractivity contribution in [2.24, 2.45) is 0 Å². The van der Waals surface area contributed by atoms with Crippen molar-refractivity contribution in [2.45, 2.75) is 13.0 Å². The molecule has 0 spiro atoms. The number of halogens is 1. The van der Waals surface area contributed by atoms with E-state index in [-0.39, 0.29) is 11.7 Å². The van der Waals surface area contributed by atoms with E-state index in [4.69, 9.17) is 0 Å². The van der Waals surface area contributed by atoms with Crippen molar-refractivity contribution in [1.29, 1.82) is 0 Å². The number of para-hydroxylation sites is 1. The zero-order valence-electron chi connectivity index (χ0n) is 15.1. The highest BCUT2D eigenvalue weighted by molar-refractivity contribution is 5.96. The number of hydrogen-bond donors (Lipinski definition) is 2. The predicted octanol–water partition coefficient (Wildman–Crippen LogP) is 2.08. The molecule has 3 amide bonds. The van der Waals surface area contributed by atoms with Gasteiger partial charge in [0.15, 0.2) is 0 Å². The SMILES string of the molecule is C[C@@H](NC(=O)N1CCN(c2ccccn2)CC1)C(=O)Nc1ccccc1F. The lowest BCUT2D eigenvalue weighted by atomic mass is 10.2. The molecule has 3 rings (SSSR count). The fourth-order valence-corrected chi connectivity index (χ4v) is 2.83. The van der Waals surface area contributed by atoms with Crippen LogP contribution in [0.25, 0.3) is 0 Å². The average Bonchev–Trinajstić information content (AvgIpc) is 2.70. The van der Waals surface area contributed by atoms with Gasteiger partial charge in [-0.05, 0) is 31.2 Å². The van der Waals surface area contributed by atoms with Gasteiger partial charge in [-0.1, -0.05) is 18.2 Å². The van der Waals surface area contributed by atoms with Gasteiger partial charge in [0.2, 0.25) is 5.91 Å². The van der Waals surface area contributed by atoms with Crippen LogP contribution in [0.3, 0.4) is 0 Å². The summed E-state index contributed by atoms with van der Waals surface area (Å²) in [5, 5.41) is 5.15. The molecule has 0 radical (unpaired) electrons. The second kappa shape index (κ2) is 8.48. The van der Waals surface area contributed by atoms with Crippen molar-refractivity contribution < 1.29 is 14.0 Å². The Kier molecular flexibility index (Phi) is 5.85. The molecule has 1 atom stereocenters. The van der Waals surface area contributed by atoms with Gasteiger partial charge in [-0.15, -0.1) is 0 Å². The van der Waals surface area contributed by atoms with Crippen LogP contribution in [0.15, 0.2) is 48.7 Å². The first-order valence-electron chi connectivity index (χ1n) is 8.81. The number of benzene rings is 1. The molecule has 1 fully saturated rings. The number of urea groups is 1. The van der Waals surface area contributed by atoms with E-state index < -0.39 is 17.8 Å². The molecule has 0 saturated carbocycles. The number of rotatable bonds is 4. The van der Waals surface area contributed by atoms with Crippen molar-refractivity contribution in [3.63, 3.8) is 0 Å². The van der Waals surface area contributed by atoms with Crippen LogP contribution < -0.4 is 15.5 Å². The van der Waals surface area contributed by atoms with Crippen LogP contribution in [-0.2, 0) is 4.79 Å². The number of piperazine rings is 1. The van der Waals surface area contributed by atoms with Crippen molar-refractivity contribution >= 4 is 23.4 Å². The van der Waals surface area contributed by atoms with E-state index in [9.17, 15) is 14.0 Å². The van der Waals surface area contributed by atoms with E-state index in [1.165, 1.54) is 12.1 Å². The molecule has 2 heterocycles. The molecule has 1 aliphatic rings. The van der Waals surface area contributed by atoms with Gasteiger partial charge < -0.3 is 20.4 Å². The Balaban J connectivity index is 1.49. The molecule has 0 bridgehead atoms. The molecule has 0 aliphatic carbocycles. The minimum atomic E-state index is -0.786. The Labute approximate surface area is 157 Å². The molecule has 27 heavy (non-hydrogen) atoms. The van der Waals surface area contributed by atoms with Gasteiger partial charge in [-0.3, -0.25) is 4.79 Å². The van der Waals surface area contributed by atoms with Crippen LogP contribution in [0.2, 0.25) is 0 Å². The van der Waals surface area contributed by atoms with Crippen LogP contribution in [-0.4, -0.2) is 54.0 Å². The second-order valence-electron chi connectivity index (χ2n) is 6.30. The summed E-state index contributed by atoms with van der Waals surface area (Å²) < 4.78 is 13.6. The zero-order valence-corrected chi connectivity index (χ0v) is 15.1. The summed E-state index contributed by atoms with van der Waals surface area (Å²) in [6.07, 6.45) is 1.74. The number of carbonyl (C=O) groups excluding carboxylic acids is 2. The summed E-state index contributed by atoms with van der Waals surface area (Å²) in [6, 6.07) is 10.5. The summed E-state index contributed by atoms with van der Waals surface area (Å²) >= 11 is 0. The molecule has 1 aliphatic heterocycles. The third kappa shape index (κ3) is 4.72. The highest BCUT2D eigenvalue weighted by atomic mass is 19.1. The number of nitrogens with one attached hydrogen (secondary N) is 2. The fourth-order valence-electron chi connectivity index (χ4n) is 2.83. The molecule has 8 heteroatoms. The maximum Gasteiger partial charge on any atom is 0.318 e. The number of pyridine rings is 1. The van der Waals surface area contributed by atoms with Crippen LogP contribution in [0.4, 0.5) is 20.7 Å². The van der Waals surface area contributed by atoms with E-state index >= 15 is 0 Å². The predicted molar refractivity (Wildman–Crippen MR) is 101 cm³/mol. The van der Waals surface area contributed by atoms with Gasteiger partial charge in [0, 0.05) is 32.4 Å². The van der Waals surface area contributed by atoms with Gasteiger partial charge in [0.25, 0.3) is 0 Å². The minimum Gasteiger partial charge on any atom is -0.353 e.